The van der Waals surface area contributed by atoms with Gasteiger partial charge in [0.1, 0.15) is 5.75 Å². The van der Waals surface area contributed by atoms with Crippen LogP contribution >= 0.6 is 0 Å². The molecule has 3 heteroatoms. The Bertz CT molecular complexity index is 599. The van der Waals surface area contributed by atoms with Crippen LogP contribution in [0.1, 0.15) is 50.2 Å². The molecule has 0 unspecified atom stereocenters. The summed E-state index contributed by atoms with van der Waals surface area (Å²) in [5, 5.41) is 10.4. The van der Waals surface area contributed by atoms with E-state index in [-0.39, 0.29) is 5.91 Å². The predicted octanol–water partition coefficient (Wildman–Crippen LogP) is 3.63. The second-order valence-electron chi connectivity index (χ2n) is 6.90. The minimum absolute atomic E-state index is 0.161. The summed E-state index contributed by atoms with van der Waals surface area (Å²) >= 11 is 0. The molecule has 0 saturated carbocycles. The molecule has 1 fully saturated rings. The number of likely N-dealkylation sites (tertiary alicyclic amines) is 1. The van der Waals surface area contributed by atoms with Gasteiger partial charge in [-0.1, -0.05) is 23.8 Å². The Morgan fingerprint density at radius 2 is 2.14 bits per heavy atom. The van der Waals surface area contributed by atoms with Crippen molar-refractivity contribution in [1.29, 1.82) is 0 Å². The number of allylic oxidation sites excluding steroid dienone is 2. The fraction of sp³-hybridized carbons (Fsp3) is 0.526. The Labute approximate surface area is 132 Å². The van der Waals surface area contributed by atoms with Crippen LogP contribution in [0.15, 0.2) is 29.8 Å². The lowest BCUT2D eigenvalue weighted by Crippen LogP contribution is -2.49. The summed E-state index contributed by atoms with van der Waals surface area (Å²) in [6, 6.07) is 6.15. The SMILES string of the molecule is CC(=O)N1CC(Cc2ccc([C@@H]3C=C(C)CCC3)c(O)c2)C1. The van der Waals surface area contributed by atoms with Crippen molar-refractivity contribution in [1.82, 2.24) is 4.90 Å². The summed E-state index contributed by atoms with van der Waals surface area (Å²) in [6.45, 7) is 5.50. The molecule has 1 saturated heterocycles. The van der Waals surface area contributed by atoms with Gasteiger partial charge in [-0.05, 0) is 50.2 Å². The zero-order valence-electron chi connectivity index (χ0n) is 13.5. The van der Waals surface area contributed by atoms with Gasteiger partial charge in [-0.2, -0.15) is 0 Å². The van der Waals surface area contributed by atoms with E-state index >= 15 is 0 Å². The van der Waals surface area contributed by atoms with E-state index in [4.69, 9.17) is 0 Å². The molecule has 1 aliphatic carbocycles. The monoisotopic (exact) mass is 299 g/mol. The van der Waals surface area contributed by atoms with Crippen molar-refractivity contribution in [3.8, 4) is 5.75 Å². The van der Waals surface area contributed by atoms with Gasteiger partial charge in [0.15, 0.2) is 0 Å². The first-order valence-electron chi connectivity index (χ1n) is 8.27. The number of aromatic hydroxyl groups is 1. The molecule has 0 radical (unpaired) electrons. The summed E-state index contributed by atoms with van der Waals surface area (Å²) in [7, 11) is 0. The van der Waals surface area contributed by atoms with Crippen LogP contribution < -0.4 is 0 Å². The van der Waals surface area contributed by atoms with Crippen LogP contribution in [-0.4, -0.2) is 29.0 Å². The molecule has 1 amide bonds. The molecule has 1 N–H and O–H groups in total. The van der Waals surface area contributed by atoms with Gasteiger partial charge in [-0.3, -0.25) is 4.79 Å². The highest BCUT2D eigenvalue weighted by Gasteiger charge is 2.28. The number of carbonyl (C=O) groups excluding carboxylic acids is 1. The van der Waals surface area contributed by atoms with Gasteiger partial charge in [-0.15, -0.1) is 0 Å². The maximum absolute atomic E-state index is 11.2. The van der Waals surface area contributed by atoms with Crippen molar-refractivity contribution in [2.75, 3.05) is 13.1 Å². The van der Waals surface area contributed by atoms with Crippen molar-refractivity contribution in [2.24, 2.45) is 5.92 Å². The number of hydrogen-bond donors (Lipinski definition) is 1. The standard InChI is InChI=1S/C19H25NO2/c1-13-4-3-5-17(8-13)18-7-6-15(10-19(18)22)9-16-11-20(12-16)14(2)21/h6-8,10,16-17,22H,3-5,9,11-12H2,1-2H3/t17-/m0/s1. The Morgan fingerprint density at radius 1 is 1.36 bits per heavy atom. The lowest BCUT2D eigenvalue weighted by Gasteiger charge is -2.38. The van der Waals surface area contributed by atoms with Crippen LogP contribution in [0.5, 0.6) is 5.75 Å². The summed E-state index contributed by atoms with van der Waals surface area (Å²) < 4.78 is 0. The summed E-state index contributed by atoms with van der Waals surface area (Å²) in [5.74, 6) is 1.48. The zero-order chi connectivity index (χ0) is 15.7. The molecule has 0 aromatic heterocycles. The van der Waals surface area contributed by atoms with Crippen LogP contribution in [0.2, 0.25) is 0 Å². The van der Waals surface area contributed by atoms with E-state index in [1.54, 1.807) is 6.92 Å². The van der Waals surface area contributed by atoms with Gasteiger partial charge >= 0.3 is 0 Å². The highest BCUT2D eigenvalue weighted by atomic mass is 16.3. The summed E-state index contributed by atoms with van der Waals surface area (Å²) in [6.07, 6.45) is 6.76. The maximum atomic E-state index is 11.2. The Hall–Kier alpha value is -1.77. The highest BCUT2D eigenvalue weighted by Crippen LogP contribution is 2.36. The first-order valence-corrected chi connectivity index (χ1v) is 8.27. The van der Waals surface area contributed by atoms with Crippen LogP contribution in [0, 0.1) is 5.92 Å². The van der Waals surface area contributed by atoms with Gasteiger partial charge in [0.05, 0.1) is 0 Å². The number of nitrogens with zero attached hydrogens (tertiary/aromatic N) is 1. The van der Waals surface area contributed by atoms with Crippen molar-refractivity contribution >= 4 is 5.91 Å². The van der Waals surface area contributed by atoms with Crippen molar-refractivity contribution in [3.05, 3.63) is 41.0 Å². The highest BCUT2D eigenvalue weighted by molar-refractivity contribution is 5.74. The van der Waals surface area contributed by atoms with Gasteiger partial charge < -0.3 is 10.0 Å². The van der Waals surface area contributed by atoms with Crippen molar-refractivity contribution < 1.29 is 9.90 Å². The first kappa shape index (κ1) is 15.1. The topological polar surface area (TPSA) is 40.5 Å². The normalized spacial score (nSPS) is 22.2. The van der Waals surface area contributed by atoms with Crippen LogP contribution in [-0.2, 0) is 11.2 Å². The average molecular weight is 299 g/mol. The maximum Gasteiger partial charge on any atom is 0.219 e. The zero-order valence-corrected chi connectivity index (χ0v) is 13.5. The van der Waals surface area contributed by atoms with E-state index in [0.717, 1.165) is 31.5 Å². The third kappa shape index (κ3) is 3.18. The number of hydrogen-bond acceptors (Lipinski definition) is 2. The Morgan fingerprint density at radius 3 is 2.77 bits per heavy atom. The first-order chi connectivity index (χ1) is 10.5. The molecule has 1 aromatic carbocycles. The Balaban J connectivity index is 1.65. The van der Waals surface area contributed by atoms with E-state index < -0.39 is 0 Å². The predicted molar refractivity (Wildman–Crippen MR) is 87.9 cm³/mol. The fourth-order valence-electron chi connectivity index (χ4n) is 3.68. The van der Waals surface area contributed by atoms with E-state index in [2.05, 4.69) is 25.1 Å². The number of amides is 1. The second-order valence-corrected chi connectivity index (χ2v) is 6.90. The van der Waals surface area contributed by atoms with E-state index in [1.165, 1.54) is 24.0 Å². The number of benzene rings is 1. The van der Waals surface area contributed by atoms with Crippen LogP contribution in [0.3, 0.4) is 0 Å². The lowest BCUT2D eigenvalue weighted by atomic mass is 9.84. The fourth-order valence-corrected chi connectivity index (χ4v) is 3.68. The molecular formula is C19H25NO2. The second kappa shape index (κ2) is 6.15. The van der Waals surface area contributed by atoms with Gasteiger partial charge in [-0.25, -0.2) is 0 Å². The third-order valence-corrected chi connectivity index (χ3v) is 4.99. The summed E-state index contributed by atoms with van der Waals surface area (Å²) in [5.41, 5.74) is 3.66. The van der Waals surface area contributed by atoms with Gasteiger partial charge in [0.2, 0.25) is 5.91 Å². The largest absolute Gasteiger partial charge is 0.508 e. The molecule has 0 bridgehead atoms. The number of phenolic OH excluding ortho intramolecular Hbond substituents is 1. The molecule has 1 heterocycles. The third-order valence-electron chi connectivity index (χ3n) is 4.99. The van der Waals surface area contributed by atoms with Gasteiger partial charge in [0, 0.05) is 31.5 Å². The number of carbonyl (C=O) groups is 1. The molecule has 1 aromatic rings. The molecule has 2 aliphatic rings. The Kier molecular flexibility index (Phi) is 4.23. The van der Waals surface area contributed by atoms with Crippen LogP contribution in [0.25, 0.3) is 0 Å². The minimum Gasteiger partial charge on any atom is -0.508 e. The van der Waals surface area contributed by atoms with Gasteiger partial charge in [0.25, 0.3) is 0 Å². The molecule has 22 heavy (non-hydrogen) atoms. The molecular weight excluding hydrogens is 274 g/mol. The quantitative estimate of drug-likeness (QED) is 0.866. The van der Waals surface area contributed by atoms with E-state index in [1.807, 2.05) is 11.0 Å². The van der Waals surface area contributed by atoms with Crippen LogP contribution in [0.4, 0.5) is 0 Å². The van der Waals surface area contributed by atoms with E-state index in [0.29, 0.717) is 17.6 Å². The molecule has 118 valence electrons. The summed E-state index contributed by atoms with van der Waals surface area (Å²) in [4.78, 5) is 13.1. The minimum atomic E-state index is 0.161. The van der Waals surface area contributed by atoms with E-state index in [9.17, 15) is 9.90 Å². The molecule has 3 nitrogen and oxygen atoms in total. The molecule has 1 aliphatic heterocycles. The molecule has 0 spiro atoms. The lowest BCUT2D eigenvalue weighted by molar-refractivity contribution is -0.134. The number of phenols is 1. The molecule has 1 atom stereocenters. The smallest absolute Gasteiger partial charge is 0.219 e. The average Bonchev–Trinajstić information content (AvgIpc) is 2.42. The molecule has 3 rings (SSSR count). The van der Waals surface area contributed by atoms with Crippen molar-refractivity contribution in [2.45, 2.75) is 45.4 Å². The van der Waals surface area contributed by atoms with Crippen molar-refractivity contribution in [3.63, 3.8) is 0 Å². The number of rotatable bonds is 3.